The van der Waals surface area contributed by atoms with Crippen LogP contribution in [0.5, 0.6) is 5.75 Å². The number of aliphatic imine (C=N–C) groups is 1. The molecular formula is C19H12BrN3O4S. The summed E-state index contributed by atoms with van der Waals surface area (Å²) >= 11 is 4.67. The summed E-state index contributed by atoms with van der Waals surface area (Å²) in [5, 5.41) is 11.2. The first-order valence-electron chi connectivity index (χ1n) is 8.07. The monoisotopic (exact) mass is 457 g/mol. The Morgan fingerprint density at radius 3 is 2.93 bits per heavy atom. The number of amides is 1. The van der Waals surface area contributed by atoms with E-state index in [1.54, 1.807) is 48.7 Å². The van der Waals surface area contributed by atoms with Gasteiger partial charge in [-0.05, 0) is 58.1 Å². The minimum absolute atomic E-state index is 0.0903. The minimum Gasteiger partial charge on any atom is -0.421 e. The van der Waals surface area contributed by atoms with E-state index in [1.807, 2.05) is 0 Å². The summed E-state index contributed by atoms with van der Waals surface area (Å²) in [6.07, 6.45) is 3.13. The first-order valence-corrected chi connectivity index (χ1v) is 9.75. The maximum absolute atomic E-state index is 12.3. The highest BCUT2D eigenvalue weighted by Crippen LogP contribution is 2.29. The molecule has 0 bridgehead atoms. The number of nitrogens with zero attached hydrogens (tertiary/aromatic N) is 2. The predicted molar refractivity (Wildman–Crippen MR) is 108 cm³/mol. The molecule has 9 heteroatoms. The summed E-state index contributed by atoms with van der Waals surface area (Å²) in [4.78, 5) is 34.2. The molecule has 1 amide bonds. The lowest BCUT2D eigenvalue weighted by atomic mass is 10.1. The Hall–Kier alpha value is -3.04. The number of esters is 1. The summed E-state index contributed by atoms with van der Waals surface area (Å²) in [5.41, 5.74) is 0.737. The fourth-order valence-corrected chi connectivity index (χ4v) is 3.68. The van der Waals surface area contributed by atoms with Gasteiger partial charge >= 0.3 is 5.97 Å². The maximum Gasteiger partial charge on any atom is 0.353 e. The second-order valence-electron chi connectivity index (χ2n) is 5.88. The Labute approximate surface area is 172 Å². The number of halogens is 1. The number of allylic oxidation sites excluding steroid dienone is 1. The lowest BCUT2D eigenvalue weighted by molar-refractivity contribution is -0.114. The molecule has 1 aromatic carbocycles. The summed E-state index contributed by atoms with van der Waals surface area (Å²) < 4.78 is 5.93. The van der Waals surface area contributed by atoms with Crippen LogP contribution in [0.1, 0.15) is 22.2 Å². The van der Waals surface area contributed by atoms with E-state index in [-0.39, 0.29) is 11.4 Å². The lowest BCUT2D eigenvalue weighted by Gasteiger charge is -2.23. The fraction of sp³-hybridized carbons (Fsp3) is 0.0526. The van der Waals surface area contributed by atoms with Gasteiger partial charge in [0.25, 0.3) is 5.91 Å². The van der Waals surface area contributed by atoms with Gasteiger partial charge in [-0.2, -0.15) is 4.99 Å². The Kier molecular flexibility index (Phi) is 4.70. The number of hydroxylamine groups is 2. The summed E-state index contributed by atoms with van der Waals surface area (Å²) in [5.74, 6) is 0.150. The van der Waals surface area contributed by atoms with E-state index in [2.05, 4.69) is 20.9 Å². The Morgan fingerprint density at radius 1 is 1.39 bits per heavy atom. The molecule has 1 aromatic heterocycles. The van der Waals surface area contributed by atoms with Gasteiger partial charge < -0.3 is 9.57 Å². The summed E-state index contributed by atoms with van der Waals surface area (Å²) in [7, 11) is 0. The number of rotatable bonds is 3. The zero-order valence-electron chi connectivity index (χ0n) is 14.4. The quantitative estimate of drug-likeness (QED) is 0.423. The molecule has 2 aromatic rings. The van der Waals surface area contributed by atoms with E-state index in [4.69, 9.17) is 15.0 Å². The van der Waals surface area contributed by atoms with Gasteiger partial charge in [-0.15, -0.1) is 16.4 Å². The predicted octanol–water partition coefficient (Wildman–Crippen LogP) is 4.18. The zero-order chi connectivity index (χ0) is 19.8. The molecule has 0 atom stereocenters. The summed E-state index contributed by atoms with van der Waals surface area (Å²) in [6.45, 7) is 1.72. The number of benzene rings is 1. The van der Waals surface area contributed by atoms with Crippen LogP contribution >= 0.6 is 27.3 Å². The number of fused-ring (bicyclic) bond motifs is 1. The minimum atomic E-state index is -0.518. The highest BCUT2D eigenvalue weighted by Gasteiger charge is 2.34. The molecule has 0 fully saturated rings. The van der Waals surface area contributed by atoms with Gasteiger partial charge in [-0.3, -0.25) is 10.2 Å². The zero-order valence-corrected chi connectivity index (χ0v) is 16.8. The van der Waals surface area contributed by atoms with Gasteiger partial charge in [0.05, 0.1) is 10.0 Å². The van der Waals surface area contributed by atoms with Crippen molar-refractivity contribution in [3.8, 4) is 5.75 Å². The van der Waals surface area contributed by atoms with Gasteiger partial charge in [0.1, 0.15) is 16.4 Å². The van der Waals surface area contributed by atoms with Gasteiger partial charge in [0.2, 0.25) is 0 Å². The van der Waals surface area contributed by atoms with Crippen LogP contribution in [0.15, 0.2) is 62.6 Å². The van der Waals surface area contributed by atoms with E-state index in [1.165, 1.54) is 22.5 Å². The van der Waals surface area contributed by atoms with E-state index in [9.17, 15) is 9.59 Å². The molecule has 2 aliphatic heterocycles. The largest absolute Gasteiger partial charge is 0.421 e. The molecule has 1 N–H and O–H groups in total. The van der Waals surface area contributed by atoms with E-state index >= 15 is 0 Å². The fourth-order valence-electron chi connectivity index (χ4n) is 2.60. The van der Waals surface area contributed by atoms with E-state index in [0.717, 1.165) is 0 Å². The SMILES string of the molecule is CC1=CC2=NC(=O)/C(=C\c3ccc(OC(=O)c4cccs4)c(Br)c3)C(=N)N2O1. The molecule has 3 heterocycles. The molecular weight excluding hydrogens is 446 g/mol. The van der Waals surface area contributed by atoms with Crippen LogP contribution in [-0.4, -0.2) is 28.6 Å². The first kappa shape index (κ1) is 18.3. The van der Waals surface area contributed by atoms with E-state index in [0.29, 0.717) is 32.3 Å². The average molecular weight is 458 g/mol. The van der Waals surface area contributed by atoms with Gasteiger partial charge in [-0.1, -0.05) is 12.1 Å². The van der Waals surface area contributed by atoms with Crippen LogP contribution in [0.3, 0.4) is 0 Å². The normalized spacial score (nSPS) is 17.2. The number of amidine groups is 2. The molecule has 0 radical (unpaired) electrons. The highest BCUT2D eigenvalue weighted by atomic mass is 79.9. The van der Waals surface area contributed by atoms with Crippen LogP contribution in [0.25, 0.3) is 6.08 Å². The molecule has 7 nitrogen and oxygen atoms in total. The topological polar surface area (TPSA) is 92.0 Å². The van der Waals surface area contributed by atoms with Crippen LogP contribution < -0.4 is 4.74 Å². The van der Waals surface area contributed by atoms with Gasteiger partial charge in [0.15, 0.2) is 11.7 Å². The maximum atomic E-state index is 12.3. The van der Waals surface area contributed by atoms with Gasteiger partial charge in [0, 0.05) is 6.08 Å². The second kappa shape index (κ2) is 7.17. The number of hydrogen-bond acceptors (Lipinski definition) is 6. The smallest absolute Gasteiger partial charge is 0.353 e. The van der Waals surface area contributed by atoms with Crippen molar-refractivity contribution in [2.75, 3.05) is 0 Å². The summed E-state index contributed by atoms with van der Waals surface area (Å²) in [6, 6.07) is 8.45. The van der Waals surface area contributed by atoms with Crippen molar-refractivity contribution >= 4 is 56.9 Å². The molecule has 0 saturated carbocycles. The molecule has 28 heavy (non-hydrogen) atoms. The van der Waals surface area contributed by atoms with Crippen molar-refractivity contribution in [2.45, 2.75) is 6.92 Å². The lowest BCUT2D eigenvalue weighted by Crippen LogP contribution is -2.38. The van der Waals surface area contributed by atoms with Crippen molar-refractivity contribution < 1.29 is 19.2 Å². The van der Waals surface area contributed by atoms with Crippen molar-refractivity contribution in [3.05, 3.63) is 68.0 Å². The van der Waals surface area contributed by atoms with Crippen molar-refractivity contribution in [2.24, 2.45) is 4.99 Å². The van der Waals surface area contributed by atoms with Crippen LogP contribution in [-0.2, 0) is 9.63 Å². The molecule has 0 aliphatic carbocycles. The molecule has 4 rings (SSSR count). The van der Waals surface area contributed by atoms with Gasteiger partial charge in [-0.25, -0.2) is 4.79 Å². The third-order valence-corrected chi connectivity index (χ3v) is 5.34. The third kappa shape index (κ3) is 3.41. The molecule has 0 unspecified atom stereocenters. The van der Waals surface area contributed by atoms with Crippen LogP contribution in [0.2, 0.25) is 0 Å². The highest BCUT2D eigenvalue weighted by molar-refractivity contribution is 9.10. The Bertz CT molecular complexity index is 1100. The second-order valence-corrected chi connectivity index (χ2v) is 7.68. The number of carbonyl (C=O) groups excluding carboxylic acids is 2. The molecule has 2 aliphatic rings. The Morgan fingerprint density at radius 2 is 2.21 bits per heavy atom. The van der Waals surface area contributed by atoms with Crippen molar-refractivity contribution in [1.82, 2.24) is 5.06 Å². The standard InChI is InChI=1S/C19H12BrN3O4S/c1-10-7-16-22-18(24)12(17(21)23(16)27-10)8-11-4-5-14(13(20)9-11)26-19(25)15-3-2-6-28-15/h2-9,21H,1H3/b12-8-,21-17?. The molecule has 0 spiro atoms. The van der Waals surface area contributed by atoms with E-state index < -0.39 is 11.9 Å². The van der Waals surface area contributed by atoms with Crippen molar-refractivity contribution in [3.63, 3.8) is 0 Å². The number of nitrogens with one attached hydrogen (secondary N) is 1. The first-order chi connectivity index (χ1) is 13.4. The van der Waals surface area contributed by atoms with Crippen LogP contribution in [0.4, 0.5) is 0 Å². The number of ether oxygens (including phenoxy) is 1. The average Bonchev–Trinajstić information content (AvgIpc) is 3.30. The van der Waals surface area contributed by atoms with Crippen molar-refractivity contribution in [1.29, 1.82) is 5.41 Å². The number of hydrogen-bond donors (Lipinski definition) is 1. The molecule has 140 valence electrons. The van der Waals surface area contributed by atoms with Crippen LogP contribution in [0, 0.1) is 5.41 Å². The Balaban J connectivity index is 1.57. The number of carbonyl (C=O) groups is 2. The molecule has 0 saturated heterocycles. The number of thiophene rings is 1. The third-order valence-electron chi connectivity index (χ3n) is 3.87.